The third-order valence-electron chi connectivity index (χ3n) is 3.74. The molecule has 21 heavy (non-hydrogen) atoms. The van der Waals surface area contributed by atoms with Crippen LogP contribution in [0.3, 0.4) is 0 Å². The van der Waals surface area contributed by atoms with E-state index >= 15 is 0 Å². The molecule has 1 aromatic rings. The first-order valence-corrected chi connectivity index (χ1v) is 9.14. The van der Waals surface area contributed by atoms with Gasteiger partial charge in [0, 0.05) is 25.0 Å². The molecule has 1 aromatic heterocycles. The predicted octanol–water partition coefficient (Wildman–Crippen LogP) is 3.01. The summed E-state index contributed by atoms with van der Waals surface area (Å²) in [5, 5.41) is 3.14. The van der Waals surface area contributed by atoms with Crippen molar-refractivity contribution in [2.75, 3.05) is 11.9 Å². The molecule has 1 heterocycles. The SMILES string of the molecule is CCCNc1ccncc1S(=O)(=O)NC(C)C(CC)CC. The Morgan fingerprint density at radius 1 is 1.24 bits per heavy atom. The molecule has 1 unspecified atom stereocenters. The van der Waals surface area contributed by atoms with Crippen LogP contribution in [0.5, 0.6) is 0 Å². The molecule has 0 radical (unpaired) electrons. The zero-order valence-electron chi connectivity index (χ0n) is 13.4. The van der Waals surface area contributed by atoms with Gasteiger partial charge in [-0.05, 0) is 25.3 Å². The van der Waals surface area contributed by atoms with Crippen LogP contribution in [0.4, 0.5) is 5.69 Å². The first-order chi connectivity index (χ1) is 9.96. The Morgan fingerprint density at radius 3 is 2.48 bits per heavy atom. The van der Waals surface area contributed by atoms with Crippen LogP contribution in [-0.4, -0.2) is 26.0 Å². The lowest BCUT2D eigenvalue weighted by atomic mass is 9.96. The molecule has 0 fully saturated rings. The van der Waals surface area contributed by atoms with Crippen LogP contribution >= 0.6 is 0 Å². The molecule has 0 aromatic carbocycles. The van der Waals surface area contributed by atoms with Crippen molar-refractivity contribution in [3.63, 3.8) is 0 Å². The predicted molar refractivity (Wildman–Crippen MR) is 86.9 cm³/mol. The summed E-state index contributed by atoms with van der Waals surface area (Å²) in [5.74, 6) is 0.337. The molecule has 2 N–H and O–H groups in total. The lowest BCUT2D eigenvalue weighted by Gasteiger charge is -2.23. The molecule has 0 aliphatic carbocycles. The van der Waals surface area contributed by atoms with Crippen molar-refractivity contribution < 1.29 is 8.42 Å². The molecule has 0 bridgehead atoms. The van der Waals surface area contributed by atoms with Gasteiger partial charge >= 0.3 is 0 Å². The van der Waals surface area contributed by atoms with Gasteiger partial charge in [0.2, 0.25) is 10.0 Å². The van der Waals surface area contributed by atoms with Gasteiger partial charge in [0.05, 0.1) is 5.69 Å². The van der Waals surface area contributed by atoms with Gasteiger partial charge in [-0.3, -0.25) is 4.98 Å². The summed E-state index contributed by atoms with van der Waals surface area (Å²) < 4.78 is 27.9. The number of pyridine rings is 1. The van der Waals surface area contributed by atoms with Crippen molar-refractivity contribution in [2.45, 2.75) is 57.9 Å². The van der Waals surface area contributed by atoms with E-state index in [0.717, 1.165) is 25.8 Å². The van der Waals surface area contributed by atoms with Crippen molar-refractivity contribution >= 4 is 15.7 Å². The topological polar surface area (TPSA) is 71.1 Å². The van der Waals surface area contributed by atoms with Crippen LogP contribution in [-0.2, 0) is 10.0 Å². The number of sulfonamides is 1. The van der Waals surface area contributed by atoms with Crippen LogP contribution < -0.4 is 10.0 Å². The van der Waals surface area contributed by atoms with Gasteiger partial charge in [0.15, 0.2) is 0 Å². The highest BCUT2D eigenvalue weighted by Gasteiger charge is 2.24. The second-order valence-corrected chi connectivity index (χ2v) is 6.97. The maximum atomic E-state index is 12.6. The van der Waals surface area contributed by atoms with Crippen LogP contribution in [0.1, 0.15) is 47.0 Å². The van der Waals surface area contributed by atoms with Gasteiger partial charge in [-0.2, -0.15) is 0 Å². The molecule has 1 rings (SSSR count). The minimum Gasteiger partial charge on any atom is -0.384 e. The van der Waals surface area contributed by atoms with Crippen LogP contribution in [0, 0.1) is 5.92 Å². The lowest BCUT2D eigenvalue weighted by Crippen LogP contribution is -2.38. The molecule has 0 amide bonds. The minimum absolute atomic E-state index is 0.0933. The maximum absolute atomic E-state index is 12.6. The second kappa shape index (κ2) is 8.34. The van der Waals surface area contributed by atoms with E-state index in [1.165, 1.54) is 6.20 Å². The quantitative estimate of drug-likeness (QED) is 0.735. The largest absolute Gasteiger partial charge is 0.384 e. The summed E-state index contributed by atoms with van der Waals surface area (Å²) in [4.78, 5) is 4.17. The van der Waals surface area contributed by atoms with Crippen LogP contribution in [0.15, 0.2) is 23.4 Å². The van der Waals surface area contributed by atoms with Crippen molar-refractivity contribution in [3.8, 4) is 0 Å². The van der Waals surface area contributed by atoms with Crippen molar-refractivity contribution in [1.82, 2.24) is 9.71 Å². The van der Waals surface area contributed by atoms with Crippen LogP contribution in [0.25, 0.3) is 0 Å². The van der Waals surface area contributed by atoms with E-state index in [-0.39, 0.29) is 10.9 Å². The fraction of sp³-hybridized carbons (Fsp3) is 0.667. The number of aromatic nitrogens is 1. The molecular weight excluding hydrogens is 286 g/mol. The summed E-state index contributed by atoms with van der Waals surface area (Å²) in [5.41, 5.74) is 0.607. The molecule has 0 spiro atoms. The molecule has 1 atom stereocenters. The first kappa shape index (κ1) is 17.9. The van der Waals surface area contributed by atoms with E-state index in [0.29, 0.717) is 11.6 Å². The summed E-state index contributed by atoms with van der Waals surface area (Å²) in [7, 11) is -3.56. The van der Waals surface area contributed by atoms with Gasteiger partial charge < -0.3 is 5.32 Å². The van der Waals surface area contributed by atoms with E-state index in [9.17, 15) is 8.42 Å². The standard InChI is InChI=1S/C15H27N3O2S/c1-5-9-17-14-8-10-16-11-15(14)21(19,20)18-12(4)13(6-2)7-3/h8,10-13,18H,5-7,9H2,1-4H3,(H,16,17). The fourth-order valence-corrected chi connectivity index (χ4v) is 3.84. The van der Waals surface area contributed by atoms with E-state index in [2.05, 4.69) is 28.9 Å². The Labute approximate surface area is 128 Å². The molecule has 120 valence electrons. The highest BCUT2D eigenvalue weighted by molar-refractivity contribution is 7.89. The summed E-state index contributed by atoms with van der Waals surface area (Å²) >= 11 is 0. The Bertz CT molecular complexity index is 527. The average Bonchev–Trinajstić information content (AvgIpc) is 2.46. The number of anilines is 1. The highest BCUT2D eigenvalue weighted by Crippen LogP contribution is 2.21. The molecule has 0 saturated carbocycles. The average molecular weight is 313 g/mol. The number of rotatable bonds is 9. The highest BCUT2D eigenvalue weighted by atomic mass is 32.2. The van der Waals surface area contributed by atoms with E-state index < -0.39 is 10.0 Å². The van der Waals surface area contributed by atoms with Gasteiger partial charge in [-0.15, -0.1) is 0 Å². The Morgan fingerprint density at radius 2 is 1.90 bits per heavy atom. The molecule has 5 nitrogen and oxygen atoms in total. The number of nitrogens with one attached hydrogen (secondary N) is 2. The zero-order valence-corrected chi connectivity index (χ0v) is 14.2. The van der Waals surface area contributed by atoms with Gasteiger partial charge in [-0.1, -0.05) is 33.6 Å². The zero-order chi connectivity index (χ0) is 15.9. The Balaban J connectivity index is 2.97. The molecular formula is C15H27N3O2S. The third-order valence-corrected chi connectivity index (χ3v) is 5.32. The third kappa shape index (κ3) is 4.97. The summed E-state index contributed by atoms with van der Waals surface area (Å²) in [6.45, 7) is 8.85. The van der Waals surface area contributed by atoms with E-state index in [4.69, 9.17) is 0 Å². The van der Waals surface area contributed by atoms with E-state index in [1.807, 2.05) is 13.8 Å². The molecule has 0 saturated heterocycles. The second-order valence-electron chi connectivity index (χ2n) is 5.29. The minimum atomic E-state index is -3.56. The first-order valence-electron chi connectivity index (χ1n) is 7.66. The summed E-state index contributed by atoms with van der Waals surface area (Å²) in [6.07, 6.45) is 5.84. The fourth-order valence-electron chi connectivity index (χ4n) is 2.40. The number of nitrogens with zero attached hydrogens (tertiary/aromatic N) is 1. The molecule has 0 aliphatic heterocycles. The van der Waals surface area contributed by atoms with Crippen molar-refractivity contribution in [2.24, 2.45) is 5.92 Å². The Hall–Kier alpha value is -1.14. The Kier molecular flexibility index (Phi) is 7.11. The smallest absolute Gasteiger partial charge is 0.244 e. The van der Waals surface area contributed by atoms with Gasteiger partial charge in [0.25, 0.3) is 0 Å². The molecule has 0 aliphatic rings. The maximum Gasteiger partial charge on any atom is 0.244 e. The monoisotopic (exact) mass is 313 g/mol. The van der Waals surface area contributed by atoms with Crippen LogP contribution in [0.2, 0.25) is 0 Å². The number of hydrogen-bond acceptors (Lipinski definition) is 4. The van der Waals surface area contributed by atoms with Crippen molar-refractivity contribution in [3.05, 3.63) is 18.5 Å². The summed E-state index contributed by atoms with van der Waals surface area (Å²) in [6, 6.07) is 1.61. The van der Waals surface area contributed by atoms with E-state index in [1.54, 1.807) is 12.3 Å². The van der Waals surface area contributed by atoms with Gasteiger partial charge in [0.1, 0.15) is 4.90 Å². The normalized spacial score (nSPS) is 13.4. The van der Waals surface area contributed by atoms with Gasteiger partial charge in [-0.25, -0.2) is 13.1 Å². The molecule has 6 heteroatoms. The van der Waals surface area contributed by atoms with Crippen molar-refractivity contribution in [1.29, 1.82) is 0 Å². The lowest BCUT2D eigenvalue weighted by molar-refractivity contribution is 0.391. The number of hydrogen-bond donors (Lipinski definition) is 2.